The van der Waals surface area contributed by atoms with E-state index >= 15 is 0 Å². The van der Waals surface area contributed by atoms with Gasteiger partial charge in [-0.05, 0) is 12.1 Å². The van der Waals surface area contributed by atoms with Crippen LogP contribution in [0.25, 0.3) is 0 Å². The predicted octanol–water partition coefficient (Wildman–Crippen LogP) is -0.933. The third-order valence-corrected chi connectivity index (χ3v) is 2.43. The summed E-state index contributed by atoms with van der Waals surface area (Å²) in [6.45, 7) is -0.693. The molecular weight excluding hydrogens is 270 g/mol. The summed E-state index contributed by atoms with van der Waals surface area (Å²) in [5.74, 6) is 0. The van der Waals surface area contributed by atoms with Crippen molar-refractivity contribution in [3.8, 4) is 0 Å². The molecule has 0 bridgehead atoms. The molecule has 9 nitrogen and oxygen atoms in total. The van der Waals surface area contributed by atoms with Crippen LogP contribution < -0.4 is 5.43 Å². The van der Waals surface area contributed by atoms with Crippen LogP contribution in [0, 0.1) is 10.1 Å². The van der Waals surface area contributed by atoms with Crippen LogP contribution in [0.3, 0.4) is 0 Å². The zero-order valence-corrected chi connectivity index (χ0v) is 10.3. The van der Waals surface area contributed by atoms with Crippen molar-refractivity contribution < 1.29 is 25.3 Å². The van der Waals surface area contributed by atoms with E-state index in [9.17, 15) is 20.3 Å². The molecule has 1 aromatic carbocycles. The number of nitro groups is 1. The zero-order chi connectivity index (χ0) is 15.1. The minimum atomic E-state index is -1.57. The van der Waals surface area contributed by atoms with Crippen molar-refractivity contribution in [3.63, 3.8) is 0 Å². The first kappa shape index (κ1) is 16.0. The van der Waals surface area contributed by atoms with Crippen molar-refractivity contribution in [3.05, 3.63) is 34.4 Å². The molecule has 0 spiro atoms. The van der Waals surface area contributed by atoms with E-state index in [0.29, 0.717) is 5.69 Å². The van der Waals surface area contributed by atoms with Gasteiger partial charge < -0.3 is 20.4 Å². The normalized spacial score (nSPS) is 15.8. The van der Waals surface area contributed by atoms with Gasteiger partial charge in [0, 0.05) is 12.1 Å². The van der Waals surface area contributed by atoms with Gasteiger partial charge in [0.15, 0.2) is 0 Å². The summed E-state index contributed by atoms with van der Waals surface area (Å²) in [5, 5.41) is 50.5. The largest absolute Gasteiger partial charge is 0.394 e. The molecule has 5 N–H and O–H groups in total. The summed E-state index contributed by atoms with van der Waals surface area (Å²) in [6.07, 6.45) is -3.58. The molecule has 0 saturated heterocycles. The first-order valence-electron chi connectivity index (χ1n) is 5.64. The van der Waals surface area contributed by atoms with Crippen LogP contribution >= 0.6 is 0 Å². The van der Waals surface area contributed by atoms with Gasteiger partial charge in [-0.1, -0.05) is 0 Å². The highest BCUT2D eigenvalue weighted by molar-refractivity contribution is 5.65. The van der Waals surface area contributed by atoms with E-state index in [2.05, 4.69) is 10.5 Å². The number of rotatable bonds is 7. The number of benzene rings is 1. The van der Waals surface area contributed by atoms with Crippen LogP contribution in [0.1, 0.15) is 0 Å². The Kier molecular flexibility index (Phi) is 6.00. The number of hydrazone groups is 1. The third kappa shape index (κ3) is 4.55. The molecule has 0 aliphatic rings. The Balaban J connectivity index is 2.53. The van der Waals surface area contributed by atoms with Gasteiger partial charge in [0.2, 0.25) is 0 Å². The second kappa shape index (κ2) is 7.50. The monoisotopic (exact) mass is 285 g/mol. The second-order valence-electron chi connectivity index (χ2n) is 3.93. The van der Waals surface area contributed by atoms with E-state index in [1.165, 1.54) is 24.3 Å². The maximum atomic E-state index is 10.4. The minimum absolute atomic E-state index is 0.0685. The molecule has 3 unspecified atom stereocenters. The summed E-state index contributed by atoms with van der Waals surface area (Å²) in [4.78, 5) is 9.90. The maximum Gasteiger partial charge on any atom is 0.269 e. The highest BCUT2D eigenvalue weighted by Gasteiger charge is 2.22. The Morgan fingerprint density at radius 3 is 2.40 bits per heavy atom. The number of non-ortho nitro benzene ring substituents is 1. The van der Waals surface area contributed by atoms with Crippen molar-refractivity contribution >= 4 is 17.6 Å². The van der Waals surface area contributed by atoms with Crippen LogP contribution in [0.15, 0.2) is 29.4 Å². The van der Waals surface area contributed by atoms with Crippen molar-refractivity contribution in [2.75, 3.05) is 12.0 Å². The fourth-order valence-corrected chi connectivity index (χ4v) is 1.27. The molecule has 0 heterocycles. The van der Waals surface area contributed by atoms with Gasteiger partial charge in [0.05, 0.1) is 23.4 Å². The fourth-order valence-electron chi connectivity index (χ4n) is 1.27. The average Bonchev–Trinajstić information content (AvgIpc) is 2.45. The third-order valence-electron chi connectivity index (χ3n) is 2.43. The van der Waals surface area contributed by atoms with Crippen LogP contribution in [-0.2, 0) is 0 Å². The van der Waals surface area contributed by atoms with Crippen LogP contribution in [-0.4, -0.2) is 56.5 Å². The molecule has 0 radical (unpaired) electrons. The summed E-state index contributed by atoms with van der Waals surface area (Å²) in [5.41, 5.74) is 2.86. The number of nitro benzene ring substituents is 1. The summed E-state index contributed by atoms with van der Waals surface area (Å²) in [6, 6.07) is 5.39. The lowest BCUT2D eigenvalue weighted by molar-refractivity contribution is -0.384. The van der Waals surface area contributed by atoms with Gasteiger partial charge in [0.1, 0.15) is 18.3 Å². The molecule has 0 aliphatic heterocycles. The first-order chi connectivity index (χ1) is 9.45. The van der Waals surface area contributed by atoms with Crippen molar-refractivity contribution in [1.29, 1.82) is 0 Å². The van der Waals surface area contributed by atoms with Gasteiger partial charge >= 0.3 is 0 Å². The molecule has 0 aromatic heterocycles. The smallest absolute Gasteiger partial charge is 0.269 e. The second-order valence-corrected chi connectivity index (χ2v) is 3.93. The van der Waals surface area contributed by atoms with Crippen molar-refractivity contribution in [2.24, 2.45) is 5.10 Å². The zero-order valence-electron chi connectivity index (χ0n) is 10.3. The Labute approximate surface area is 114 Å². The van der Waals surface area contributed by atoms with Crippen LogP contribution in [0.4, 0.5) is 11.4 Å². The van der Waals surface area contributed by atoms with Gasteiger partial charge in [-0.25, -0.2) is 0 Å². The molecule has 1 aromatic rings. The standard InChI is InChI=1S/C11H15N3O6/c15-6-10(17)11(18)9(16)5-12-13-7-1-3-8(4-2-7)14(19)20/h1-5,9-11,13,15-18H,6H2/b12-5+. The number of nitrogens with one attached hydrogen (secondary N) is 1. The molecular formula is C11H15N3O6. The average molecular weight is 285 g/mol. The molecule has 0 amide bonds. The number of hydrogen-bond acceptors (Lipinski definition) is 8. The molecule has 0 fully saturated rings. The van der Waals surface area contributed by atoms with Gasteiger partial charge in [-0.2, -0.15) is 5.10 Å². The van der Waals surface area contributed by atoms with Crippen molar-refractivity contribution in [2.45, 2.75) is 18.3 Å². The molecule has 0 aliphatic carbocycles. The molecule has 20 heavy (non-hydrogen) atoms. The summed E-state index contributed by atoms with van der Waals surface area (Å²) in [7, 11) is 0. The van der Waals surface area contributed by atoms with Crippen LogP contribution in [0.5, 0.6) is 0 Å². The first-order valence-corrected chi connectivity index (χ1v) is 5.64. The van der Waals surface area contributed by atoms with Gasteiger partial charge in [-0.3, -0.25) is 15.5 Å². The van der Waals surface area contributed by atoms with E-state index < -0.39 is 29.8 Å². The predicted molar refractivity (Wildman–Crippen MR) is 70.3 cm³/mol. The Morgan fingerprint density at radius 1 is 1.30 bits per heavy atom. The van der Waals surface area contributed by atoms with Gasteiger partial charge in [-0.15, -0.1) is 0 Å². The van der Waals surface area contributed by atoms with E-state index in [1.54, 1.807) is 0 Å². The Bertz CT molecular complexity index is 464. The highest BCUT2D eigenvalue weighted by atomic mass is 16.6. The molecule has 9 heteroatoms. The molecule has 0 saturated carbocycles. The van der Waals surface area contributed by atoms with E-state index in [-0.39, 0.29) is 5.69 Å². The van der Waals surface area contributed by atoms with E-state index in [0.717, 1.165) is 6.21 Å². The van der Waals surface area contributed by atoms with Crippen molar-refractivity contribution in [1.82, 2.24) is 0 Å². The number of aliphatic hydroxyl groups excluding tert-OH is 4. The maximum absolute atomic E-state index is 10.4. The van der Waals surface area contributed by atoms with Crippen LogP contribution in [0.2, 0.25) is 0 Å². The lowest BCUT2D eigenvalue weighted by atomic mass is 10.1. The Morgan fingerprint density at radius 2 is 1.90 bits per heavy atom. The number of anilines is 1. The SMILES string of the molecule is O=[N+]([O-])c1ccc(N/N=C/C(O)C(O)C(O)CO)cc1. The lowest BCUT2D eigenvalue weighted by Crippen LogP contribution is -2.40. The quantitative estimate of drug-likeness (QED) is 0.247. The molecule has 3 atom stereocenters. The molecule has 1 rings (SSSR count). The minimum Gasteiger partial charge on any atom is -0.394 e. The van der Waals surface area contributed by atoms with Gasteiger partial charge in [0.25, 0.3) is 5.69 Å². The summed E-state index contributed by atoms with van der Waals surface area (Å²) >= 11 is 0. The number of hydrogen-bond donors (Lipinski definition) is 5. The van der Waals surface area contributed by atoms with E-state index in [4.69, 9.17) is 10.2 Å². The molecule has 110 valence electrons. The number of nitrogens with zero attached hydrogens (tertiary/aromatic N) is 2. The fraction of sp³-hybridized carbons (Fsp3) is 0.364. The Hall–Kier alpha value is -2.07. The number of aliphatic hydroxyl groups is 4. The topological polar surface area (TPSA) is 148 Å². The lowest BCUT2D eigenvalue weighted by Gasteiger charge is -2.18. The summed E-state index contributed by atoms with van der Waals surface area (Å²) < 4.78 is 0. The van der Waals surface area contributed by atoms with E-state index in [1.807, 2.05) is 0 Å². The highest BCUT2D eigenvalue weighted by Crippen LogP contribution is 2.15.